The number of rotatable bonds is 4. The molecule has 30 heavy (non-hydrogen) atoms. The Labute approximate surface area is 179 Å². The van der Waals surface area contributed by atoms with Crippen molar-refractivity contribution in [3.63, 3.8) is 0 Å². The third-order valence-corrected chi connectivity index (χ3v) is 5.95. The van der Waals surface area contributed by atoms with Crippen molar-refractivity contribution in [2.24, 2.45) is 0 Å². The molecule has 0 aliphatic carbocycles. The Morgan fingerprint density at radius 1 is 1.00 bits per heavy atom. The Morgan fingerprint density at radius 2 is 1.67 bits per heavy atom. The minimum Gasteiger partial charge on any atom is -0.356 e. The minimum absolute atomic E-state index is 0. The molecule has 6 nitrogen and oxygen atoms in total. The quantitative estimate of drug-likeness (QED) is 0.589. The second kappa shape index (κ2) is 8.16. The van der Waals surface area contributed by atoms with Crippen LogP contribution in [0.15, 0.2) is 47.0 Å². The average Bonchev–Trinajstić information content (AvgIpc) is 3.26. The highest BCUT2D eigenvalue weighted by Gasteiger charge is 2.35. The Morgan fingerprint density at radius 3 is 2.33 bits per heavy atom. The van der Waals surface area contributed by atoms with Gasteiger partial charge in [-0.25, -0.2) is 4.39 Å². The maximum atomic E-state index is 13.3. The number of halogens is 2. The predicted octanol–water partition coefficient (Wildman–Crippen LogP) is 3.86. The smallest absolute Gasteiger partial charge is 0.261 e. The molecule has 1 fully saturated rings. The van der Waals surface area contributed by atoms with Crippen molar-refractivity contribution in [3.05, 3.63) is 65.1 Å². The lowest BCUT2D eigenvalue weighted by Crippen LogP contribution is -2.41. The monoisotopic (exact) mass is 429 g/mol. The summed E-state index contributed by atoms with van der Waals surface area (Å²) in [5.41, 5.74) is 2.35. The molecule has 0 bridgehead atoms. The molecule has 2 amide bonds. The molecule has 3 aromatic rings. The molecule has 0 radical (unpaired) electrons. The fourth-order valence-corrected chi connectivity index (χ4v) is 4.34. The number of hydrogen-bond donors (Lipinski definition) is 0. The van der Waals surface area contributed by atoms with E-state index >= 15 is 0 Å². The molecule has 2 aliphatic rings. The zero-order valence-electron chi connectivity index (χ0n) is 16.2. The Hall–Kier alpha value is -2.77. The number of imide groups is 1. The molecule has 0 unspecified atom stereocenters. The summed E-state index contributed by atoms with van der Waals surface area (Å²) < 4.78 is 18.6. The molecule has 0 atom stereocenters. The number of hydrogen-bond acceptors (Lipinski definition) is 5. The van der Waals surface area contributed by atoms with Crippen LogP contribution in [-0.2, 0) is 0 Å². The summed E-state index contributed by atoms with van der Waals surface area (Å²) in [7, 11) is 0. The van der Waals surface area contributed by atoms with Crippen LogP contribution in [0.5, 0.6) is 0 Å². The van der Waals surface area contributed by atoms with Gasteiger partial charge >= 0.3 is 0 Å². The first-order chi connectivity index (χ1) is 14.1. The Kier molecular flexibility index (Phi) is 5.58. The van der Waals surface area contributed by atoms with Crippen molar-refractivity contribution >= 4 is 35.2 Å². The van der Waals surface area contributed by atoms with Crippen molar-refractivity contribution in [2.45, 2.75) is 18.8 Å². The zero-order valence-corrected chi connectivity index (χ0v) is 17.0. The summed E-state index contributed by atoms with van der Waals surface area (Å²) in [5.74, 6) is -0.482. The average molecular weight is 430 g/mol. The van der Waals surface area contributed by atoms with E-state index in [0.29, 0.717) is 29.8 Å². The second-order valence-corrected chi connectivity index (χ2v) is 7.63. The van der Waals surface area contributed by atoms with E-state index in [1.165, 1.54) is 17.0 Å². The van der Waals surface area contributed by atoms with Gasteiger partial charge in [0.25, 0.3) is 11.8 Å². The molecule has 2 aromatic carbocycles. The van der Waals surface area contributed by atoms with E-state index in [4.69, 9.17) is 4.52 Å². The first-order valence-corrected chi connectivity index (χ1v) is 9.84. The SMILES string of the molecule is Cl.O=C1c2ccccc2C(=O)N1CCN1CCC(c2noc3cc(F)ccc23)CC1. The van der Waals surface area contributed by atoms with Gasteiger partial charge in [-0.1, -0.05) is 17.3 Å². The molecule has 1 aromatic heterocycles. The van der Waals surface area contributed by atoms with Gasteiger partial charge in [0, 0.05) is 30.5 Å². The van der Waals surface area contributed by atoms with E-state index in [-0.39, 0.29) is 36.0 Å². The predicted molar refractivity (Wildman–Crippen MR) is 111 cm³/mol. The largest absolute Gasteiger partial charge is 0.356 e. The lowest BCUT2D eigenvalue weighted by molar-refractivity contribution is 0.0629. The zero-order chi connectivity index (χ0) is 20.0. The fraction of sp³-hybridized carbons (Fsp3) is 0.318. The number of carbonyl (C=O) groups is 2. The molecule has 2 aliphatic heterocycles. The fourth-order valence-electron chi connectivity index (χ4n) is 4.34. The molecule has 156 valence electrons. The molecule has 0 spiro atoms. The number of nitrogens with zero attached hydrogens (tertiary/aromatic N) is 3. The number of likely N-dealkylation sites (tertiary alicyclic amines) is 1. The van der Waals surface area contributed by atoms with Gasteiger partial charge in [-0.05, 0) is 50.2 Å². The lowest BCUT2D eigenvalue weighted by Gasteiger charge is -2.32. The highest BCUT2D eigenvalue weighted by molar-refractivity contribution is 6.21. The maximum Gasteiger partial charge on any atom is 0.261 e. The van der Waals surface area contributed by atoms with Crippen LogP contribution in [0, 0.1) is 5.82 Å². The van der Waals surface area contributed by atoms with Crippen molar-refractivity contribution in [3.8, 4) is 0 Å². The molecule has 0 N–H and O–H groups in total. The number of piperidine rings is 1. The molecule has 8 heteroatoms. The number of carbonyl (C=O) groups excluding carboxylic acids is 2. The van der Waals surface area contributed by atoms with Crippen molar-refractivity contribution < 1.29 is 18.5 Å². The van der Waals surface area contributed by atoms with Crippen molar-refractivity contribution in [1.29, 1.82) is 0 Å². The van der Waals surface area contributed by atoms with Crippen LogP contribution in [-0.4, -0.2) is 52.9 Å². The normalized spacial score (nSPS) is 17.4. The van der Waals surface area contributed by atoms with Gasteiger partial charge in [0.05, 0.1) is 16.8 Å². The van der Waals surface area contributed by atoms with Crippen LogP contribution in [0.1, 0.15) is 45.2 Å². The molecule has 5 rings (SSSR count). The Bertz CT molecular complexity index is 1070. The first-order valence-electron chi connectivity index (χ1n) is 9.84. The van der Waals surface area contributed by atoms with Crippen LogP contribution >= 0.6 is 12.4 Å². The topological polar surface area (TPSA) is 66.7 Å². The number of amides is 2. The molecular formula is C22H21ClFN3O3. The van der Waals surface area contributed by atoms with Crippen LogP contribution in [0.4, 0.5) is 4.39 Å². The Balaban J connectivity index is 0.00000218. The van der Waals surface area contributed by atoms with Gasteiger partial charge in [0.2, 0.25) is 0 Å². The number of benzene rings is 2. The third kappa shape index (κ3) is 3.48. The number of aromatic nitrogens is 1. The van der Waals surface area contributed by atoms with Gasteiger partial charge in [-0.3, -0.25) is 14.5 Å². The maximum absolute atomic E-state index is 13.3. The second-order valence-electron chi connectivity index (χ2n) is 7.63. The van der Waals surface area contributed by atoms with Crippen molar-refractivity contribution in [2.75, 3.05) is 26.2 Å². The summed E-state index contributed by atoms with van der Waals surface area (Å²) in [6, 6.07) is 11.5. The van der Waals surface area contributed by atoms with Gasteiger partial charge in [0.1, 0.15) is 5.82 Å². The summed E-state index contributed by atoms with van der Waals surface area (Å²) in [6.45, 7) is 2.75. The van der Waals surface area contributed by atoms with Crippen LogP contribution < -0.4 is 0 Å². The van der Waals surface area contributed by atoms with E-state index < -0.39 is 0 Å². The van der Waals surface area contributed by atoms with Gasteiger partial charge in [-0.15, -0.1) is 12.4 Å². The third-order valence-electron chi connectivity index (χ3n) is 5.95. The van der Waals surface area contributed by atoms with E-state index in [1.54, 1.807) is 30.3 Å². The van der Waals surface area contributed by atoms with E-state index in [2.05, 4.69) is 10.1 Å². The van der Waals surface area contributed by atoms with Gasteiger partial charge in [-0.2, -0.15) is 0 Å². The summed E-state index contributed by atoms with van der Waals surface area (Å²) in [5, 5.41) is 5.05. The van der Waals surface area contributed by atoms with Crippen LogP contribution in [0.3, 0.4) is 0 Å². The summed E-state index contributed by atoms with van der Waals surface area (Å²) >= 11 is 0. The van der Waals surface area contributed by atoms with Crippen molar-refractivity contribution in [1.82, 2.24) is 15.0 Å². The minimum atomic E-state index is -0.330. The molecule has 3 heterocycles. The summed E-state index contributed by atoms with van der Waals surface area (Å²) in [6.07, 6.45) is 1.81. The standard InChI is InChI=1S/C22H20FN3O3.ClH/c23-15-5-6-18-19(13-15)29-24-20(18)14-7-9-25(10-8-14)11-12-26-21(27)16-3-1-2-4-17(16)22(26)28;/h1-6,13-14H,7-12H2;1H. The van der Waals surface area contributed by atoms with Gasteiger partial charge in [0.15, 0.2) is 5.58 Å². The van der Waals surface area contributed by atoms with E-state index in [1.807, 2.05) is 0 Å². The molecule has 0 saturated carbocycles. The summed E-state index contributed by atoms with van der Waals surface area (Å²) in [4.78, 5) is 28.6. The van der Waals surface area contributed by atoms with Crippen LogP contribution in [0.25, 0.3) is 11.0 Å². The molecular weight excluding hydrogens is 409 g/mol. The van der Waals surface area contributed by atoms with Crippen LogP contribution in [0.2, 0.25) is 0 Å². The molecule has 1 saturated heterocycles. The number of fused-ring (bicyclic) bond motifs is 2. The first kappa shape index (κ1) is 20.5. The highest BCUT2D eigenvalue weighted by Crippen LogP contribution is 2.33. The lowest BCUT2D eigenvalue weighted by atomic mass is 9.91. The highest BCUT2D eigenvalue weighted by atomic mass is 35.5. The van der Waals surface area contributed by atoms with E-state index in [0.717, 1.165) is 37.0 Å². The van der Waals surface area contributed by atoms with E-state index in [9.17, 15) is 14.0 Å². The van der Waals surface area contributed by atoms with Gasteiger partial charge < -0.3 is 9.42 Å².